The molecule has 126 valence electrons. The summed E-state index contributed by atoms with van der Waals surface area (Å²) in [6.07, 6.45) is 1.17. The van der Waals surface area contributed by atoms with E-state index in [1.165, 1.54) is 0 Å². The highest BCUT2D eigenvalue weighted by atomic mass is 16.4. The fourth-order valence-electron chi connectivity index (χ4n) is 3.36. The van der Waals surface area contributed by atoms with Crippen LogP contribution in [0.25, 0.3) is 0 Å². The van der Waals surface area contributed by atoms with Crippen molar-refractivity contribution in [3.63, 3.8) is 0 Å². The van der Waals surface area contributed by atoms with Crippen molar-refractivity contribution < 1.29 is 14.0 Å². The first-order valence-corrected chi connectivity index (χ1v) is 8.27. The number of fused-ring (bicyclic) bond motifs is 1. The molecule has 4 heteroatoms. The first-order valence-electron chi connectivity index (χ1n) is 8.27. The molecule has 0 saturated heterocycles. The standard InChI is InChI=1S/C20H23NO3/c1-12-7-5-6-8-14(12)11-21-19(23)18-13(2)17-15(22)9-20(3,4)10-16(17)24-18/h5-8H,9-11H2,1-4H3,(H,21,23). The first-order chi connectivity index (χ1) is 11.3. The van der Waals surface area contributed by atoms with Crippen LogP contribution in [-0.4, -0.2) is 11.7 Å². The van der Waals surface area contributed by atoms with E-state index in [0.717, 1.165) is 11.1 Å². The minimum absolute atomic E-state index is 0.0699. The highest BCUT2D eigenvalue weighted by Gasteiger charge is 2.36. The number of aryl methyl sites for hydroxylation is 1. The summed E-state index contributed by atoms with van der Waals surface area (Å²) < 4.78 is 5.79. The fraction of sp³-hybridized carbons (Fsp3) is 0.400. The lowest BCUT2D eigenvalue weighted by molar-refractivity contribution is 0.0888. The molecule has 0 unspecified atom stereocenters. The van der Waals surface area contributed by atoms with E-state index in [4.69, 9.17) is 4.42 Å². The lowest BCUT2D eigenvalue weighted by Gasteiger charge is -2.27. The summed E-state index contributed by atoms with van der Waals surface area (Å²) in [6.45, 7) is 8.34. The second kappa shape index (κ2) is 5.93. The zero-order valence-corrected chi connectivity index (χ0v) is 14.7. The van der Waals surface area contributed by atoms with Crippen LogP contribution in [-0.2, 0) is 13.0 Å². The van der Waals surface area contributed by atoms with Crippen LogP contribution in [0.15, 0.2) is 28.7 Å². The van der Waals surface area contributed by atoms with Crippen LogP contribution in [0.4, 0.5) is 0 Å². The van der Waals surface area contributed by atoms with Crippen LogP contribution in [0.2, 0.25) is 0 Å². The number of nitrogens with one attached hydrogen (secondary N) is 1. The molecule has 0 aliphatic heterocycles. The minimum atomic E-state index is -0.268. The molecule has 0 saturated carbocycles. The predicted octanol–water partition coefficient (Wildman–Crippen LogP) is 3.98. The molecule has 3 rings (SSSR count). The third-order valence-corrected chi connectivity index (χ3v) is 4.68. The molecule has 4 nitrogen and oxygen atoms in total. The van der Waals surface area contributed by atoms with Gasteiger partial charge in [0, 0.05) is 24.9 Å². The van der Waals surface area contributed by atoms with Gasteiger partial charge in [0.15, 0.2) is 11.5 Å². The van der Waals surface area contributed by atoms with Crippen molar-refractivity contribution in [2.45, 2.75) is 47.1 Å². The van der Waals surface area contributed by atoms with Gasteiger partial charge in [-0.3, -0.25) is 9.59 Å². The normalized spacial score (nSPS) is 15.9. The van der Waals surface area contributed by atoms with Gasteiger partial charge >= 0.3 is 0 Å². The summed E-state index contributed by atoms with van der Waals surface area (Å²) in [5.41, 5.74) is 3.34. The van der Waals surface area contributed by atoms with Gasteiger partial charge in [-0.15, -0.1) is 0 Å². The Labute approximate surface area is 142 Å². The van der Waals surface area contributed by atoms with E-state index in [0.29, 0.717) is 36.3 Å². The van der Waals surface area contributed by atoms with Gasteiger partial charge in [0.25, 0.3) is 5.91 Å². The van der Waals surface area contributed by atoms with E-state index in [9.17, 15) is 9.59 Å². The summed E-state index contributed by atoms with van der Waals surface area (Å²) in [4.78, 5) is 24.9. The molecule has 1 aliphatic carbocycles. The molecule has 1 N–H and O–H groups in total. The van der Waals surface area contributed by atoms with E-state index in [-0.39, 0.29) is 22.9 Å². The van der Waals surface area contributed by atoms with Crippen molar-refractivity contribution in [1.29, 1.82) is 0 Å². The smallest absolute Gasteiger partial charge is 0.287 e. The van der Waals surface area contributed by atoms with Gasteiger partial charge in [0.05, 0.1) is 5.56 Å². The Morgan fingerprint density at radius 3 is 2.62 bits per heavy atom. The van der Waals surface area contributed by atoms with Gasteiger partial charge < -0.3 is 9.73 Å². The summed E-state index contributed by atoms with van der Waals surface area (Å²) in [6, 6.07) is 7.92. The van der Waals surface area contributed by atoms with Crippen molar-refractivity contribution >= 4 is 11.7 Å². The number of carbonyl (C=O) groups is 2. The van der Waals surface area contributed by atoms with Crippen molar-refractivity contribution in [2.24, 2.45) is 5.41 Å². The van der Waals surface area contributed by atoms with Gasteiger partial charge in [-0.05, 0) is 30.4 Å². The zero-order valence-electron chi connectivity index (χ0n) is 14.7. The minimum Gasteiger partial charge on any atom is -0.455 e. The van der Waals surface area contributed by atoms with Crippen LogP contribution in [0.1, 0.15) is 63.6 Å². The molecular formula is C20H23NO3. The van der Waals surface area contributed by atoms with Crippen molar-refractivity contribution in [1.82, 2.24) is 5.32 Å². The Hall–Kier alpha value is -2.36. The fourth-order valence-corrected chi connectivity index (χ4v) is 3.36. The number of amides is 1. The second-order valence-corrected chi connectivity index (χ2v) is 7.40. The SMILES string of the molecule is Cc1ccccc1CNC(=O)c1oc2c(c1C)C(=O)CC(C)(C)C2. The maximum atomic E-state index is 12.5. The van der Waals surface area contributed by atoms with Crippen LogP contribution in [0.5, 0.6) is 0 Å². The summed E-state index contributed by atoms with van der Waals surface area (Å²) in [5, 5.41) is 2.90. The third kappa shape index (κ3) is 3.01. The number of benzene rings is 1. The van der Waals surface area contributed by atoms with E-state index in [1.807, 2.05) is 45.0 Å². The largest absolute Gasteiger partial charge is 0.455 e. The zero-order chi connectivity index (χ0) is 17.5. The third-order valence-electron chi connectivity index (χ3n) is 4.68. The van der Waals surface area contributed by atoms with Gasteiger partial charge in [-0.25, -0.2) is 0 Å². The number of furan rings is 1. The number of Topliss-reactive ketones (excluding diaryl/α,β-unsaturated/α-hetero) is 1. The van der Waals surface area contributed by atoms with Gasteiger partial charge in [-0.2, -0.15) is 0 Å². The number of rotatable bonds is 3. The molecule has 0 radical (unpaired) electrons. The molecule has 0 spiro atoms. The molecule has 1 aliphatic rings. The molecular weight excluding hydrogens is 302 g/mol. The van der Waals surface area contributed by atoms with Crippen molar-refractivity contribution in [2.75, 3.05) is 0 Å². The average Bonchev–Trinajstić information content (AvgIpc) is 2.81. The first kappa shape index (κ1) is 16.5. The molecule has 1 amide bonds. The summed E-state index contributed by atoms with van der Waals surface area (Å²) in [7, 11) is 0. The Balaban J connectivity index is 1.82. The summed E-state index contributed by atoms with van der Waals surface area (Å²) in [5.74, 6) is 0.714. The maximum Gasteiger partial charge on any atom is 0.287 e. The Morgan fingerprint density at radius 2 is 1.92 bits per heavy atom. The Kier molecular flexibility index (Phi) is 4.08. The molecule has 1 aromatic carbocycles. The molecule has 0 fully saturated rings. The number of carbonyl (C=O) groups excluding carboxylic acids is 2. The van der Waals surface area contributed by atoms with Crippen LogP contribution in [0, 0.1) is 19.3 Å². The summed E-state index contributed by atoms with van der Waals surface area (Å²) >= 11 is 0. The number of hydrogen-bond donors (Lipinski definition) is 1. The van der Waals surface area contributed by atoms with E-state index in [2.05, 4.69) is 5.32 Å². The van der Waals surface area contributed by atoms with E-state index in [1.54, 1.807) is 6.92 Å². The number of ketones is 1. The molecule has 0 atom stereocenters. The lowest BCUT2D eigenvalue weighted by Crippen LogP contribution is -2.26. The highest BCUT2D eigenvalue weighted by Crippen LogP contribution is 2.38. The number of hydrogen-bond acceptors (Lipinski definition) is 3. The van der Waals surface area contributed by atoms with Gasteiger partial charge in [-0.1, -0.05) is 38.1 Å². The quantitative estimate of drug-likeness (QED) is 0.928. The van der Waals surface area contributed by atoms with Crippen LogP contribution >= 0.6 is 0 Å². The average molecular weight is 325 g/mol. The van der Waals surface area contributed by atoms with E-state index >= 15 is 0 Å². The lowest BCUT2D eigenvalue weighted by atomic mass is 9.76. The van der Waals surface area contributed by atoms with Crippen LogP contribution < -0.4 is 5.32 Å². The Morgan fingerprint density at radius 1 is 1.21 bits per heavy atom. The topological polar surface area (TPSA) is 59.3 Å². The maximum absolute atomic E-state index is 12.5. The van der Waals surface area contributed by atoms with Crippen LogP contribution in [0.3, 0.4) is 0 Å². The second-order valence-electron chi connectivity index (χ2n) is 7.40. The molecule has 1 aromatic heterocycles. The van der Waals surface area contributed by atoms with E-state index < -0.39 is 0 Å². The highest BCUT2D eigenvalue weighted by molar-refractivity contribution is 6.03. The van der Waals surface area contributed by atoms with Crippen molar-refractivity contribution in [3.05, 3.63) is 58.0 Å². The molecule has 0 bridgehead atoms. The monoisotopic (exact) mass is 325 g/mol. The van der Waals surface area contributed by atoms with Gasteiger partial charge in [0.1, 0.15) is 5.76 Å². The molecule has 24 heavy (non-hydrogen) atoms. The Bertz CT molecular complexity index is 814. The molecule has 2 aromatic rings. The predicted molar refractivity (Wildman–Crippen MR) is 92.2 cm³/mol. The van der Waals surface area contributed by atoms with Gasteiger partial charge in [0.2, 0.25) is 0 Å². The molecule has 1 heterocycles. The van der Waals surface area contributed by atoms with Crippen molar-refractivity contribution in [3.8, 4) is 0 Å².